The Bertz CT molecular complexity index is 604. The van der Waals surface area contributed by atoms with E-state index < -0.39 is 12.2 Å². The fraction of sp³-hybridized carbons (Fsp3) is 0.214. The second-order valence-corrected chi connectivity index (χ2v) is 3.99. The van der Waals surface area contributed by atoms with Gasteiger partial charge in [-0.3, -0.25) is 0 Å². The lowest BCUT2D eigenvalue weighted by Crippen LogP contribution is -2.15. The van der Waals surface area contributed by atoms with Crippen LogP contribution in [-0.2, 0) is 0 Å². The Morgan fingerprint density at radius 1 is 1.11 bits per heavy atom. The minimum Gasteiger partial charge on any atom is -0.497 e. The monoisotopic (exact) mass is 243 g/mol. The molecule has 0 aromatic heterocycles. The third-order valence-electron chi connectivity index (χ3n) is 2.84. The highest BCUT2D eigenvalue weighted by atomic mass is 16.5. The average Bonchev–Trinajstić information content (AvgIpc) is 2.44. The van der Waals surface area contributed by atoms with E-state index in [1.807, 2.05) is 24.3 Å². The fourth-order valence-electron chi connectivity index (χ4n) is 1.81. The first-order valence-corrected chi connectivity index (χ1v) is 5.49. The van der Waals surface area contributed by atoms with Crippen molar-refractivity contribution in [2.45, 2.75) is 12.2 Å². The van der Waals surface area contributed by atoms with Gasteiger partial charge in [-0.25, -0.2) is 0 Å². The maximum Gasteiger partial charge on any atom is 0.170 e. The van der Waals surface area contributed by atoms with E-state index in [4.69, 9.17) is 10.00 Å². The smallest absolute Gasteiger partial charge is 0.170 e. The molecule has 0 bridgehead atoms. The number of ether oxygens (including phenoxy) is 1. The molecule has 0 aliphatic rings. The molecule has 4 nitrogen and oxygen atoms in total. The molecule has 2 aromatic rings. The lowest BCUT2D eigenvalue weighted by Gasteiger charge is -2.13. The van der Waals surface area contributed by atoms with E-state index in [1.165, 1.54) is 0 Å². The van der Waals surface area contributed by atoms with Crippen molar-refractivity contribution >= 4 is 10.8 Å². The largest absolute Gasteiger partial charge is 0.497 e. The van der Waals surface area contributed by atoms with Crippen LogP contribution in [0.25, 0.3) is 10.8 Å². The quantitative estimate of drug-likeness (QED) is 0.806. The predicted molar refractivity (Wildman–Crippen MR) is 67.1 cm³/mol. The van der Waals surface area contributed by atoms with E-state index in [-0.39, 0.29) is 0 Å². The Morgan fingerprint density at radius 2 is 1.78 bits per heavy atom. The summed E-state index contributed by atoms with van der Waals surface area (Å²) in [4.78, 5) is 0. The van der Waals surface area contributed by atoms with Crippen LogP contribution >= 0.6 is 0 Å². The highest BCUT2D eigenvalue weighted by Crippen LogP contribution is 2.25. The van der Waals surface area contributed by atoms with E-state index >= 15 is 0 Å². The summed E-state index contributed by atoms with van der Waals surface area (Å²) in [6.07, 6.45) is -2.61. The summed E-state index contributed by atoms with van der Waals surface area (Å²) in [5.41, 5.74) is 0.515. The maximum atomic E-state index is 9.75. The highest BCUT2D eigenvalue weighted by molar-refractivity contribution is 5.84. The molecule has 0 heterocycles. The van der Waals surface area contributed by atoms with Crippen LogP contribution in [0, 0.1) is 11.3 Å². The predicted octanol–water partition coefficient (Wildman–Crippen LogP) is 1.77. The molecular weight excluding hydrogens is 230 g/mol. The molecule has 0 aliphatic heterocycles. The summed E-state index contributed by atoms with van der Waals surface area (Å²) < 4.78 is 5.12. The molecule has 0 saturated carbocycles. The topological polar surface area (TPSA) is 73.5 Å². The van der Waals surface area contributed by atoms with Gasteiger partial charge in [0.05, 0.1) is 13.2 Å². The van der Waals surface area contributed by atoms with Gasteiger partial charge in [0.1, 0.15) is 11.9 Å². The molecule has 92 valence electrons. The van der Waals surface area contributed by atoms with Crippen LogP contribution in [0.1, 0.15) is 11.7 Å². The Kier molecular flexibility index (Phi) is 3.47. The number of benzene rings is 2. The van der Waals surface area contributed by atoms with Crippen LogP contribution in [0.3, 0.4) is 0 Å². The summed E-state index contributed by atoms with van der Waals surface area (Å²) in [5.74, 6) is 0.757. The second kappa shape index (κ2) is 5.05. The molecule has 2 aromatic carbocycles. The van der Waals surface area contributed by atoms with Gasteiger partial charge < -0.3 is 14.9 Å². The van der Waals surface area contributed by atoms with Gasteiger partial charge in [0.2, 0.25) is 0 Å². The number of nitrogens with zero attached hydrogens (tertiary/aromatic N) is 1. The number of hydrogen-bond acceptors (Lipinski definition) is 4. The van der Waals surface area contributed by atoms with Gasteiger partial charge in [0, 0.05) is 0 Å². The molecule has 0 aliphatic carbocycles. The van der Waals surface area contributed by atoms with Gasteiger partial charge in [-0.05, 0) is 34.5 Å². The van der Waals surface area contributed by atoms with Crippen LogP contribution in [-0.4, -0.2) is 23.4 Å². The van der Waals surface area contributed by atoms with E-state index in [1.54, 1.807) is 25.3 Å². The number of rotatable bonds is 3. The van der Waals surface area contributed by atoms with Crippen molar-refractivity contribution in [3.05, 3.63) is 42.0 Å². The normalized spacial score (nSPS) is 13.9. The first-order valence-electron chi connectivity index (χ1n) is 5.49. The van der Waals surface area contributed by atoms with Crippen molar-refractivity contribution < 1.29 is 14.9 Å². The third-order valence-corrected chi connectivity index (χ3v) is 2.84. The summed E-state index contributed by atoms with van der Waals surface area (Å²) in [6, 6.07) is 12.4. The van der Waals surface area contributed by atoms with E-state index in [2.05, 4.69) is 0 Å². The summed E-state index contributed by atoms with van der Waals surface area (Å²) in [7, 11) is 1.60. The van der Waals surface area contributed by atoms with Crippen LogP contribution in [0.4, 0.5) is 0 Å². The van der Waals surface area contributed by atoms with E-state index in [0.29, 0.717) is 5.56 Å². The maximum absolute atomic E-state index is 9.75. The molecule has 0 spiro atoms. The molecule has 2 unspecified atom stereocenters. The first-order chi connectivity index (χ1) is 8.65. The number of methoxy groups -OCH3 is 1. The second-order valence-electron chi connectivity index (χ2n) is 3.99. The number of aliphatic hydroxyl groups excluding tert-OH is 2. The molecule has 0 radical (unpaired) electrons. The highest BCUT2D eigenvalue weighted by Gasteiger charge is 2.17. The Hall–Kier alpha value is -2.09. The van der Waals surface area contributed by atoms with Crippen LogP contribution < -0.4 is 4.74 Å². The molecule has 0 fully saturated rings. The van der Waals surface area contributed by atoms with Crippen LogP contribution in [0.2, 0.25) is 0 Å². The van der Waals surface area contributed by atoms with E-state index in [0.717, 1.165) is 16.5 Å². The zero-order valence-corrected chi connectivity index (χ0v) is 9.87. The Morgan fingerprint density at radius 3 is 2.44 bits per heavy atom. The summed E-state index contributed by atoms with van der Waals surface area (Å²) in [6.45, 7) is 0. The average molecular weight is 243 g/mol. The summed E-state index contributed by atoms with van der Waals surface area (Å²) in [5, 5.41) is 29.5. The molecule has 2 N–H and O–H groups in total. The molecule has 2 atom stereocenters. The van der Waals surface area contributed by atoms with E-state index in [9.17, 15) is 10.2 Å². The van der Waals surface area contributed by atoms with Crippen molar-refractivity contribution in [1.82, 2.24) is 0 Å². The Balaban J connectivity index is 2.42. The molecule has 0 amide bonds. The lowest BCUT2D eigenvalue weighted by atomic mass is 10.0. The van der Waals surface area contributed by atoms with Crippen LogP contribution in [0.5, 0.6) is 5.75 Å². The number of hydrogen-bond donors (Lipinski definition) is 2. The van der Waals surface area contributed by atoms with Gasteiger partial charge >= 0.3 is 0 Å². The van der Waals surface area contributed by atoms with Gasteiger partial charge in [-0.2, -0.15) is 5.26 Å². The SMILES string of the molecule is COc1ccc2cc(C(O)C(O)C#N)ccc2c1. The number of fused-ring (bicyclic) bond motifs is 1. The standard InChI is InChI=1S/C14H13NO3/c1-18-12-5-4-9-6-11(3-2-10(9)7-12)14(17)13(16)8-15/h2-7,13-14,16-17H,1H3. The molecule has 2 rings (SSSR count). The fourth-order valence-corrected chi connectivity index (χ4v) is 1.81. The number of nitriles is 1. The molecule has 0 saturated heterocycles. The minimum atomic E-state index is -1.42. The molecular formula is C14H13NO3. The first kappa shape index (κ1) is 12.4. The zero-order chi connectivity index (χ0) is 13.1. The molecule has 4 heteroatoms. The van der Waals surface area contributed by atoms with Crippen LogP contribution in [0.15, 0.2) is 36.4 Å². The van der Waals surface area contributed by atoms with Crippen molar-refractivity contribution in [2.24, 2.45) is 0 Å². The zero-order valence-electron chi connectivity index (χ0n) is 9.87. The molecule has 18 heavy (non-hydrogen) atoms. The van der Waals surface area contributed by atoms with Crippen molar-refractivity contribution in [3.8, 4) is 11.8 Å². The third kappa shape index (κ3) is 2.28. The van der Waals surface area contributed by atoms with Gasteiger partial charge in [0.15, 0.2) is 6.10 Å². The lowest BCUT2D eigenvalue weighted by molar-refractivity contribution is 0.0529. The van der Waals surface area contributed by atoms with Crippen molar-refractivity contribution in [3.63, 3.8) is 0 Å². The van der Waals surface area contributed by atoms with Gasteiger partial charge in [0.25, 0.3) is 0 Å². The Labute approximate surface area is 105 Å². The summed E-state index contributed by atoms with van der Waals surface area (Å²) >= 11 is 0. The minimum absolute atomic E-state index is 0.515. The van der Waals surface area contributed by atoms with Gasteiger partial charge in [-0.1, -0.05) is 18.2 Å². The van der Waals surface area contributed by atoms with Crippen molar-refractivity contribution in [1.29, 1.82) is 5.26 Å². The number of aliphatic hydroxyl groups is 2. The van der Waals surface area contributed by atoms with Crippen molar-refractivity contribution in [2.75, 3.05) is 7.11 Å². The van der Waals surface area contributed by atoms with Gasteiger partial charge in [-0.15, -0.1) is 0 Å².